The molecule has 0 saturated heterocycles. The van der Waals surface area contributed by atoms with Gasteiger partial charge >= 0.3 is 6.61 Å². The first kappa shape index (κ1) is 16.2. The number of hydrogen-bond donors (Lipinski definition) is 2. The van der Waals surface area contributed by atoms with E-state index in [4.69, 9.17) is 5.84 Å². The molecular weight excluding hydrogens is 274 g/mol. The summed E-state index contributed by atoms with van der Waals surface area (Å²) in [5, 5.41) is 0. The smallest absolute Gasteiger partial charge is 0.387 e. The summed E-state index contributed by atoms with van der Waals surface area (Å²) in [6, 6.07) is 6.79. The van der Waals surface area contributed by atoms with Crippen LogP contribution in [0.1, 0.15) is 50.6 Å². The van der Waals surface area contributed by atoms with Gasteiger partial charge in [0.1, 0.15) is 5.75 Å². The second-order valence-corrected chi connectivity index (χ2v) is 5.68. The summed E-state index contributed by atoms with van der Waals surface area (Å²) in [5.41, 5.74) is 3.57. The van der Waals surface area contributed by atoms with Gasteiger partial charge in [0.15, 0.2) is 0 Å². The summed E-state index contributed by atoms with van der Waals surface area (Å²) in [4.78, 5) is 0. The first-order valence-corrected chi connectivity index (χ1v) is 7.67. The summed E-state index contributed by atoms with van der Waals surface area (Å²) in [6.07, 6.45) is 5.73. The van der Waals surface area contributed by atoms with Gasteiger partial charge in [0.2, 0.25) is 0 Å². The molecule has 0 radical (unpaired) electrons. The Bertz CT molecular complexity index is 442. The van der Waals surface area contributed by atoms with Crippen molar-refractivity contribution in [3.8, 4) is 5.75 Å². The van der Waals surface area contributed by atoms with Gasteiger partial charge in [-0.2, -0.15) is 8.78 Å². The molecule has 3 nitrogen and oxygen atoms in total. The third-order valence-corrected chi connectivity index (χ3v) is 4.57. The number of nitrogens with one attached hydrogen (secondary N) is 1. The maximum absolute atomic E-state index is 12.6. The molecule has 0 bridgehead atoms. The number of para-hydroxylation sites is 1. The fourth-order valence-electron chi connectivity index (χ4n) is 3.57. The SMILES string of the molecule is CCC1CCCCC1C(NN)c1ccccc1OC(F)F. The lowest BCUT2D eigenvalue weighted by molar-refractivity contribution is -0.0510. The molecule has 2 rings (SSSR count). The minimum Gasteiger partial charge on any atom is -0.434 e. The number of halogens is 2. The molecule has 1 fully saturated rings. The second kappa shape index (κ2) is 7.71. The highest BCUT2D eigenvalue weighted by atomic mass is 19.3. The fourth-order valence-corrected chi connectivity index (χ4v) is 3.57. The van der Waals surface area contributed by atoms with Gasteiger partial charge in [0.25, 0.3) is 0 Å². The Hall–Kier alpha value is -1.20. The highest BCUT2D eigenvalue weighted by Crippen LogP contribution is 2.42. The van der Waals surface area contributed by atoms with Crippen LogP contribution in [0.15, 0.2) is 24.3 Å². The Balaban J connectivity index is 2.27. The standard InChI is InChI=1S/C16H24F2N2O/c1-2-11-7-3-4-8-12(11)15(20-19)13-9-5-6-10-14(13)21-16(17)18/h5-6,9-12,15-16,20H,2-4,7-8,19H2,1H3. The molecule has 1 aliphatic rings. The Morgan fingerprint density at radius 1 is 1.29 bits per heavy atom. The maximum atomic E-state index is 12.6. The molecule has 0 heterocycles. The number of benzene rings is 1. The van der Waals surface area contributed by atoms with Crippen LogP contribution < -0.4 is 16.0 Å². The van der Waals surface area contributed by atoms with E-state index in [0.29, 0.717) is 11.8 Å². The highest BCUT2D eigenvalue weighted by molar-refractivity contribution is 5.36. The van der Waals surface area contributed by atoms with Crippen molar-refractivity contribution in [2.75, 3.05) is 0 Å². The van der Waals surface area contributed by atoms with Crippen LogP contribution in [-0.4, -0.2) is 6.61 Å². The summed E-state index contributed by atoms with van der Waals surface area (Å²) < 4.78 is 29.8. The van der Waals surface area contributed by atoms with Crippen LogP contribution in [0.3, 0.4) is 0 Å². The zero-order valence-corrected chi connectivity index (χ0v) is 12.4. The number of rotatable bonds is 6. The van der Waals surface area contributed by atoms with Crippen molar-refractivity contribution in [3.63, 3.8) is 0 Å². The minimum absolute atomic E-state index is 0.148. The predicted octanol–water partition coefficient (Wildman–Crippen LogP) is 4.01. The van der Waals surface area contributed by atoms with E-state index in [-0.39, 0.29) is 11.8 Å². The molecule has 0 amide bonds. The topological polar surface area (TPSA) is 47.3 Å². The minimum atomic E-state index is -2.82. The van der Waals surface area contributed by atoms with Crippen LogP contribution in [0.2, 0.25) is 0 Å². The molecule has 1 aliphatic carbocycles. The van der Waals surface area contributed by atoms with Crippen molar-refractivity contribution >= 4 is 0 Å². The van der Waals surface area contributed by atoms with E-state index in [9.17, 15) is 8.78 Å². The van der Waals surface area contributed by atoms with Crippen molar-refractivity contribution in [3.05, 3.63) is 29.8 Å². The van der Waals surface area contributed by atoms with Gasteiger partial charge in [-0.3, -0.25) is 11.3 Å². The quantitative estimate of drug-likeness (QED) is 0.616. The molecular formula is C16H24F2N2O. The molecule has 1 aromatic carbocycles. The summed E-state index contributed by atoms with van der Waals surface area (Å²) in [7, 11) is 0. The zero-order valence-electron chi connectivity index (χ0n) is 12.4. The van der Waals surface area contributed by atoms with E-state index in [1.165, 1.54) is 12.8 Å². The van der Waals surface area contributed by atoms with E-state index in [1.807, 2.05) is 12.1 Å². The number of ether oxygens (including phenoxy) is 1. The third-order valence-electron chi connectivity index (χ3n) is 4.57. The van der Waals surface area contributed by atoms with Crippen LogP contribution in [-0.2, 0) is 0 Å². The summed E-state index contributed by atoms with van der Waals surface area (Å²) in [6.45, 7) is -0.643. The van der Waals surface area contributed by atoms with Gasteiger partial charge < -0.3 is 4.74 Å². The average Bonchev–Trinajstić information content (AvgIpc) is 2.49. The Labute approximate surface area is 124 Å². The van der Waals surface area contributed by atoms with Crippen molar-refractivity contribution in [2.45, 2.75) is 51.7 Å². The van der Waals surface area contributed by atoms with Crippen molar-refractivity contribution in [1.29, 1.82) is 0 Å². The molecule has 0 aromatic heterocycles. The molecule has 0 aliphatic heterocycles. The molecule has 3 atom stereocenters. The van der Waals surface area contributed by atoms with Gasteiger partial charge in [0.05, 0.1) is 6.04 Å². The Morgan fingerprint density at radius 3 is 2.67 bits per heavy atom. The molecule has 118 valence electrons. The van der Waals surface area contributed by atoms with Gasteiger partial charge in [0, 0.05) is 5.56 Å². The van der Waals surface area contributed by atoms with Gasteiger partial charge in [-0.25, -0.2) is 0 Å². The van der Waals surface area contributed by atoms with E-state index < -0.39 is 6.61 Å². The molecule has 1 aromatic rings. The molecule has 0 spiro atoms. The largest absolute Gasteiger partial charge is 0.434 e. The van der Waals surface area contributed by atoms with Crippen LogP contribution >= 0.6 is 0 Å². The zero-order chi connectivity index (χ0) is 15.2. The van der Waals surface area contributed by atoms with E-state index in [0.717, 1.165) is 24.8 Å². The molecule has 3 N–H and O–H groups in total. The lowest BCUT2D eigenvalue weighted by Gasteiger charge is -2.37. The third kappa shape index (κ3) is 3.92. The van der Waals surface area contributed by atoms with Crippen LogP contribution in [0.4, 0.5) is 8.78 Å². The van der Waals surface area contributed by atoms with Crippen molar-refractivity contribution in [2.24, 2.45) is 17.7 Å². The first-order chi connectivity index (χ1) is 10.2. The van der Waals surface area contributed by atoms with E-state index in [2.05, 4.69) is 17.1 Å². The van der Waals surface area contributed by atoms with Crippen LogP contribution in [0, 0.1) is 11.8 Å². The van der Waals surface area contributed by atoms with Gasteiger partial charge in [-0.1, -0.05) is 50.8 Å². The predicted molar refractivity (Wildman–Crippen MR) is 78.9 cm³/mol. The monoisotopic (exact) mass is 298 g/mol. The van der Waals surface area contributed by atoms with E-state index >= 15 is 0 Å². The van der Waals surface area contributed by atoms with Crippen LogP contribution in [0.5, 0.6) is 5.75 Å². The van der Waals surface area contributed by atoms with E-state index in [1.54, 1.807) is 12.1 Å². The molecule has 3 unspecified atom stereocenters. The van der Waals surface area contributed by atoms with Gasteiger partial charge in [-0.15, -0.1) is 0 Å². The summed E-state index contributed by atoms with van der Waals surface area (Å²) >= 11 is 0. The average molecular weight is 298 g/mol. The van der Waals surface area contributed by atoms with Gasteiger partial charge in [-0.05, 0) is 24.3 Å². The Morgan fingerprint density at radius 2 is 2.00 bits per heavy atom. The number of nitrogens with two attached hydrogens (primary N) is 1. The van der Waals surface area contributed by atoms with Crippen LogP contribution in [0.25, 0.3) is 0 Å². The number of hydrogen-bond acceptors (Lipinski definition) is 3. The molecule has 21 heavy (non-hydrogen) atoms. The number of hydrazine groups is 1. The number of alkyl halides is 2. The molecule has 5 heteroatoms. The first-order valence-electron chi connectivity index (χ1n) is 7.67. The lowest BCUT2D eigenvalue weighted by Crippen LogP contribution is -2.38. The van der Waals surface area contributed by atoms with Crippen molar-refractivity contribution < 1.29 is 13.5 Å². The molecule has 1 saturated carbocycles. The second-order valence-electron chi connectivity index (χ2n) is 5.68. The maximum Gasteiger partial charge on any atom is 0.387 e. The van der Waals surface area contributed by atoms with Crippen molar-refractivity contribution in [1.82, 2.24) is 5.43 Å². The Kier molecular flexibility index (Phi) is 5.94. The fraction of sp³-hybridized carbons (Fsp3) is 0.625. The highest BCUT2D eigenvalue weighted by Gasteiger charge is 2.32. The lowest BCUT2D eigenvalue weighted by atomic mass is 9.72. The summed E-state index contributed by atoms with van der Waals surface area (Å²) in [5.74, 6) is 6.90. The normalized spacial score (nSPS) is 24.0.